The fourth-order valence-corrected chi connectivity index (χ4v) is 3.44. The van der Waals surface area contributed by atoms with Gasteiger partial charge in [-0.25, -0.2) is 4.68 Å². The molecule has 2 heterocycles. The Morgan fingerprint density at radius 2 is 1.97 bits per heavy atom. The quantitative estimate of drug-likeness (QED) is 0.696. The molecule has 7 nitrogen and oxygen atoms in total. The lowest BCUT2D eigenvalue weighted by Crippen LogP contribution is -2.23. The molecule has 0 radical (unpaired) electrons. The van der Waals surface area contributed by atoms with Crippen molar-refractivity contribution in [3.8, 4) is 16.9 Å². The Kier molecular flexibility index (Phi) is 4.80. The minimum atomic E-state index is -0.679. The van der Waals surface area contributed by atoms with Crippen LogP contribution < -0.4 is 15.4 Å². The lowest BCUT2D eigenvalue weighted by atomic mass is 10.1. The minimum Gasteiger partial charge on any atom is -0.497 e. The van der Waals surface area contributed by atoms with Crippen LogP contribution in [-0.2, 0) is 9.59 Å². The lowest BCUT2D eigenvalue weighted by Gasteiger charge is -2.12. The van der Waals surface area contributed by atoms with Crippen molar-refractivity contribution in [1.82, 2.24) is 9.78 Å². The van der Waals surface area contributed by atoms with Crippen LogP contribution in [0.1, 0.15) is 23.6 Å². The second kappa shape index (κ2) is 7.43. The molecule has 0 fully saturated rings. The van der Waals surface area contributed by atoms with Crippen molar-refractivity contribution in [2.24, 2.45) is 0 Å². The van der Waals surface area contributed by atoms with Crippen molar-refractivity contribution in [3.05, 3.63) is 59.8 Å². The van der Waals surface area contributed by atoms with Crippen molar-refractivity contribution < 1.29 is 14.3 Å². The van der Waals surface area contributed by atoms with Crippen LogP contribution in [0.25, 0.3) is 11.1 Å². The maximum atomic E-state index is 12.6. The van der Waals surface area contributed by atoms with E-state index >= 15 is 0 Å². The predicted octanol–water partition coefficient (Wildman–Crippen LogP) is 3.70. The third-order valence-corrected chi connectivity index (χ3v) is 5.08. The number of fused-ring (bicyclic) bond motifs is 1. The standard InChI is InChI=1S/C22H22N4O3/c1-13-4-5-14(2)18(10-13)24-20(27)11-19-22(28)25-21-17(12-23-26(19)21)15-6-8-16(29-3)9-7-15/h4-10,12,19H,11H2,1-3H3,(H,24,27)(H,25,28). The van der Waals surface area contributed by atoms with Crippen LogP contribution in [0.2, 0.25) is 0 Å². The van der Waals surface area contributed by atoms with E-state index in [1.54, 1.807) is 18.0 Å². The number of nitrogens with one attached hydrogen (secondary N) is 2. The molecule has 3 aromatic rings. The van der Waals surface area contributed by atoms with E-state index in [1.807, 2.05) is 56.3 Å². The number of carbonyl (C=O) groups excluding carboxylic acids is 2. The molecule has 0 bridgehead atoms. The summed E-state index contributed by atoms with van der Waals surface area (Å²) in [7, 11) is 1.61. The number of amides is 2. The van der Waals surface area contributed by atoms with Gasteiger partial charge in [-0.15, -0.1) is 0 Å². The first-order valence-corrected chi connectivity index (χ1v) is 9.36. The second-order valence-electron chi connectivity index (χ2n) is 7.16. The maximum absolute atomic E-state index is 12.6. The number of carbonyl (C=O) groups is 2. The summed E-state index contributed by atoms with van der Waals surface area (Å²) in [4.78, 5) is 25.1. The first-order valence-electron chi connectivity index (χ1n) is 9.36. The minimum absolute atomic E-state index is 0.00987. The van der Waals surface area contributed by atoms with Crippen molar-refractivity contribution in [2.45, 2.75) is 26.3 Å². The zero-order chi connectivity index (χ0) is 20.5. The summed E-state index contributed by atoms with van der Waals surface area (Å²) in [5.41, 5.74) is 4.50. The molecular formula is C22H22N4O3. The van der Waals surface area contributed by atoms with E-state index in [0.717, 1.165) is 33.7 Å². The van der Waals surface area contributed by atoms with Gasteiger partial charge in [0, 0.05) is 11.3 Å². The molecule has 0 spiro atoms. The van der Waals surface area contributed by atoms with Crippen molar-refractivity contribution >= 4 is 23.3 Å². The molecule has 1 atom stereocenters. The van der Waals surface area contributed by atoms with Gasteiger partial charge in [0.1, 0.15) is 17.6 Å². The molecule has 2 N–H and O–H groups in total. The van der Waals surface area contributed by atoms with E-state index in [4.69, 9.17) is 4.74 Å². The molecule has 7 heteroatoms. The number of nitrogens with zero attached hydrogens (tertiary/aromatic N) is 2. The van der Waals surface area contributed by atoms with Gasteiger partial charge >= 0.3 is 0 Å². The summed E-state index contributed by atoms with van der Waals surface area (Å²) in [6.07, 6.45) is 1.71. The molecule has 1 aromatic heterocycles. The molecule has 0 saturated carbocycles. The predicted molar refractivity (Wildman–Crippen MR) is 111 cm³/mol. The topological polar surface area (TPSA) is 85.2 Å². The highest BCUT2D eigenvalue weighted by molar-refractivity contribution is 6.04. The summed E-state index contributed by atoms with van der Waals surface area (Å²) >= 11 is 0. The molecule has 1 unspecified atom stereocenters. The number of anilines is 2. The Morgan fingerprint density at radius 1 is 1.21 bits per heavy atom. The Morgan fingerprint density at radius 3 is 2.69 bits per heavy atom. The fraction of sp³-hybridized carbons (Fsp3) is 0.227. The Balaban J connectivity index is 1.53. The van der Waals surface area contributed by atoms with Gasteiger partial charge < -0.3 is 15.4 Å². The van der Waals surface area contributed by atoms with Gasteiger partial charge in [0.25, 0.3) is 5.91 Å². The van der Waals surface area contributed by atoms with Crippen LogP contribution in [0.4, 0.5) is 11.5 Å². The van der Waals surface area contributed by atoms with E-state index in [9.17, 15) is 9.59 Å². The van der Waals surface area contributed by atoms with Crippen molar-refractivity contribution in [3.63, 3.8) is 0 Å². The van der Waals surface area contributed by atoms with Crippen LogP contribution in [0.5, 0.6) is 5.75 Å². The number of rotatable bonds is 5. The van der Waals surface area contributed by atoms with E-state index in [-0.39, 0.29) is 18.2 Å². The number of ether oxygens (including phenoxy) is 1. The van der Waals surface area contributed by atoms with Crippen LogP contribution in [-0.4, -0.2) is 28.7 Å². The first kappa shape index (κ1) is 18.7. The summed E-state index contributed by atoms with van der Waals surface area (Å²) in [6, 6.07) is 12.7. The smallest absolute Gasteiger partial charge is 0.251 e. The average Bonchev–Trinajstić information content (AvgIpc) is 3.24. The summed E-state index contributed by atoms with van der Waals surface area (Å²) in [5.74, 6) is 0.888. The number of hydrogen-bond donors (Lipinski definition) is 2. The molecule has 1 aliphatic heterocycles. The largest absolute Gasteiger partial charge is 0.497 e. The zero-order valence-electron chi connectivity index (χ0n) is 16.5. The van der Waals surface area contributed by atoms with Crippen LogP contribution in [0.3, 0.4) is 0 Å². The molecule has 2 amide bonds. The Labute approximate surface area is 168 Å². The van der Waals surface area contributed by atoms with Crippen LogP contribution in [0.15, 0.2) is 48.7 Å². The average molecular weight is 390 g/mol. The number of methoxy groups -OCH3 is 1. The fourth-order valence-electron chi connectivity index (χ4n) is 3.44. The lowest BCUT2D eigenvalue weighted by molar-refractivity contribution is -0.123. The van der Waals surface area contributed by atoms with E-state index in [2.05, 4.69) is 15.7 Å². The highest BCUT2D eigenvalue weighted by atomic mass is 16.5. The van der Waals surface area contributed by atoms with Crippen LogP contribution in [0, 0.1) is 13.8 Å². The molecule has 0 aliphatic carbocycles. The number of aromatic nitrogens is 2. The van der Waals surface area contributed by atoms with Gasteiger partial charge in [-0.2, -0.15) is 5.10 Å². The molecule has 1 aliphatic rings. The third-order valence-electron chi connectivity index (χ3n) is 5.08. The third kappa shape index (κ3) is 3.59. The van der Waals surface area contributed by atoms with Gasteiger partial charge in [0.2, 0.25) is 5.91 Å². The molecule has 4 rings (SSSR count). The van der Waals surface area contributed by atoms with Crippen molar-refractivity contribution in [2.75, 3.05) is 17.7 Å². The van der Waals surface area contributed by atoms with Crippen LogP contribution >= 0.6 is 0 Å². The van der Waals surface area contributed by atoms with Gasteiger partial charge in [0.05, 0.1) is 19.7 Å². The zero-order valence-corrected chi connectivity index (χ0v) is 16.5. The number of benzene rings is 2. The van der Waals surface area contributed by atoms with E-state index < -0.39 is 6.04 Å². The van der Waals surface area contributed by atoms with Gasteiger partial charge in [-0.1, -0.05) is 24.3 Å². The Hall–Kier alpha value is -3.61. The van der Waals surface area contributed by atoms with E-state index in [0.29, 0.717) is 5.82 Å². The van der Waals surface area contributed by atoms with Gasteiger partial charge in [0.15, 0.2) is 0 Å². The summed E-state index contributed by atoms with van der Waals surface area (Å²) in [6.45, 7) is 3.90. The van der Waals surface area contributed by atoms with Gasteiger partial charge in [-0.3, -0.25) is 9.59 Å². The maximum Gasteiger partial charge on any atom is 0.251 e. The molecule has 29 heavy (non-hydrogen) atoms. The van der Waals surface area contributed by atoms with Gasteiger partial charge in [-0.05, 0) is 48.7 Å². The van der Waals surface area contributed by atoms with Crippen molar-refractivity contribution in [1.29, 1.82) is 0 Å². The highest BCUT2D eigenvalue weighted by Crippen LogP contribution is 2.36. The monoisotopic (exact) mass is 390 g/mol. The molecule has 0 saturated heterocycles. The number of hydrogen-bond acceptors (Lipinski definition) is 4. The normalized spacial score (nSPS) is 15.0. The molecule has 148 valence electrons. The second-order valence-corrected chi connectivity index (χ2v) is 7.16. The number of aryl methyl sites for hydroxylation is 2. The Bertz CT molecular complexity index is 1090. The van der Waals surface area contributed by atoms with E-state index in [1.165, 1.54) is 0 Å². The molecular weight excluding hydrogens is 368 g/mol. The SMILES string of the molecule is COc1ccc(-c2cnn3c2NC(=O)C3CC(=O)Nc2cc(C)ccc2C)cc1. The summed E-state index contributed by atoms with van der Waals surface area (Å²) < 4.78 is 6.77. The first-order chi connectivity index (χ1) is 14.0. The summed E-state index contributed by atoms with van der Waals surface area (Å²) in [5, 5.41) is 10.1. The molecule has 2 aromatic carbocycles. The highest BCUT2D eigenvalue weighted by Gasteiger charge is 2.35.